The Labute approximate surface area is 164 Å². The number of aromatic nitrogens is 4. The van der Waals surface area contributed by atoms with Gasteiger partial charge in [0.15, 0.2) is 0 Å². The fourth-order valence-corrected chi connectivity index (χ4v) is 4.14. The minimum absolute atomic E-state index is 0.248. The second-order valence-corrected chi connectivity index (χ2v) is 7.22. The lowest BCUT2D eigenvalue weighted by Gasteiger charge is -2.27. The summed E-state index contributed by atoms with van der Waals surface area (Å²) >= 11 is 0. The SMILES string of the molecule is FC(F)(F)C1C=CC=CC1Cn1c2ccccc2c2cc(-c3cn[nH]n3)ccc21. The Bertz CT molecular complexity index is 1230. The van der Waals surface area contributed by atoms with Gasteiger partial charge in [-0.2, -0.15) is 28.6 Å². The Kier molecular flexibility index (Phi) is 4.04. The number of nitrogens with zero attached hydrogens (tertiary/aromatic N) is 3. The molecule has 5 rings (SSSR count). The molecule has 0 bridgehead atoms. The number of fused-ring (bicyclic) bond motifs is 3. The van der Waals surface area contributed by atoms with Crippen molar-refractivity contribution < 1.29 is 13.2 Å². The first-order chi connectivity index (χ1) is 14.0. The van der Waals surface area contributed by atoms with Crippen LogP contribution in [0.2, 0.25) is 0 Å². The number of benzene rings is 2. The van der Waals surface area contributed by atoms with Crippen molar-refractivity contribution in [1.29, 1.82) is 0 Å². The lowest BCUT2D eigenvalue weighted by atomic mass is 9.87. The van der Waals surface area contributed by atoms with E-state index < -0.39 is 18.0 Å². The van der Waals surface area contributed by atoms with E-state index in [0.29, 0.717) is 0 Å². The molecule has 1 aliphatic rings. The molecule has 0 amide bonds. The lowest BCUT2D eigenvalue weighted by molar-refractivity contribution is -0.171. The van der Waals surface area contributed by atoms with E-state index in [9.17, 15) is 13.2 Å². The monoisotopic (exact) mass is 394 g/mol. The number of allylic oxidation sites excluding steroid dienone is 4. The number of hydrogen-bond donors (Lipinski definition) is 1. The number of rotatable bonds is 3. The molecule has 146 valence electrons. The highest BCUT2D eigenvalue weighted by atomic mass is 19.4. The molecule has 2 atom stereocenters. The van der Waals surface area contributed by atoms with Crippen molar-refractivity contribution in [2.75, 3.05) is 0 Å². The molecule has 7 heteroatoms. The van der Waals surface area contributed by atoms with Crippen LogP contribution >= 0.6 is 0 Å². The van der Waals surface area contributed by atoms with Gasteiger partial charge >= 0.3 is 6.18 Å². The number of aromatic amines is 1. The quantitative estimate of drug-likeness (QED) is 0.499. The summed E-state index contributed by atoms with van der Waals surface area (Å²) in [7, 11) is 0. The van der Waals surface area contributed by atoms with Gasteiger partial charge in [-0.15, -0.1) is 0 Å². The van der Waals surface area contributed by atoms with Gasteiger partial charge in [0, 0.05) is 39.8 Å². The van der Waals surface area contributed by atoms with Crippen molar-refractivity contribution in [3.8, 4) is 11.3 Å². The molecular weight excluding hydrogens is 377 g/mol. The molecule has 0 fully saturated rings. The van der Waals surface area contributed by atoms with Crippen LogP contribution in [0.1, 0.15) is 0 Å². The van der Waals surface area contributed by atoms with Crippen LogP contribution < -0.4 is 0 Å². The Morgan fingerprint density at radius 1 is 0.966 bits per heavy atom. The average Bonchev–Trinajstić information content (AvgIpc) is 3.35. The number of hydrogen-bond acceptors (Lipinski definition) is 2. The van der Waals surface area contributed by atoms with Gasteiger partial charge in [0.1, 0.15) is 5.69 Å². The van der Waals surface area contributed by atoms with Crippen LogP contribution in [0.4, 0.5) is 13.2 Å². The summed E-state index contributed by atoms with van der Waals surface area (Å²) < 4.78 is 42.6. The second kappa shape index (κ2) is 6.62. The Balaban J connectivity index is 1.65. The largest absolute Gasteiger partial charge is 0.395 e. The smallest absolute Gasteiger partial charge is 0.340 e. The summed E-state index contributed by atoms with van der Waals surface area (Å²) in [6.07, 6.45) is 3.45. The maximum absolute atomic E-state index is 13.5. The van der Waals surface area contributed by atoms with Gasteiger partial charge < -0.3 is 4.57 Å². The fraction of sp³-hybridized carbons (Fsp3) is 0.182. The molecule has 0 spiro atoms. The van der Waals surface area contributed by atoms with E-state index in [4.69, 9.17) is 0 Å². The first-order valence-corrected chi connectivity index (χ1v) is 9.31. The minimum atomic E-state index is -4.27. The van der Waals surface area contributed by atoms with Gasteiger partial charge in [-0.3, -0.25) is 0 Å². The standard InChI is InChI=1S/C22H17F3N4/c23-22(24,25)18-7-3-1-5-15(18)13-29-20-8-4-2-6-16(20)17-11-14(9-10-21(17)29)19-12-26-28-27-19/h1-12,15,18H,13H2,(H,26,27,28). The van der Waals surface area contributed by atoms with Gasteiger partial charge in [-0.25, -0.2) is 0 Å². The predicted octanol–water partition coefficient (Wildman–Crippen LogP) is 5.50. The van der Waals surface area contributed by atoms with Crippen molar-refractivity contribution in [2.45, 2.75) is 12.7 Å². The zero-order valence-electron chi connectivity index (χ0n) is 15.3. The van der Waals surface area contributed by atoms with E-state index in [-0.39, 0.29) is 6.54 Å². The number of nitrogens with one attached hydrogen (secondary N) is 1. The van der Waals surface area contributed by atoms with Crippen molar-refractivity contribution >= 4 is 21.8 Å². The molecule has 29 heavy (non-hydrogen) atoms. The molecule has 0 saturated heterocycles. The van der Waals surface area contributed by atoms with Crippen LogP contribution in [0.15, 0.2) is 73.0 Å². The van der Waals surface area contributed by atoms with Gasteiger partial charge in [0.05, 0.1) is 12.1 Å². The molecule has 2 aromatic heterocycles. The maximum Gasteiger partial charge on any atom is 0.395 e. The minimum Gasteiger partial charge on any atom is -0.340 e. The zero-order valence-corrected chi connectivity index (χ0v) is 15.3. The molecule has 0 radical (unpaired) electrons. The molecule has 2 unspecified atom stereocenters. The average molecular weight is 394 g/mol. The number of halogens is 3. The summed E-state index contributed by atoms with van der Waals surface area (Å²) in [5.74, 6) is -2.15. The summed E-state index contributed by atoms with van der Waals surface area (Å²) in [5, 5.41) is 12.6. The lowest BCUT2D eigenvalue weighted by Crippen LogP contribution is -2.31. The number of alkyl halides is 3. The van der Waals surface area contributed by atoms with E-state index in [2.05, 4.69) is 15.4 Å². The molecule has 0 saturated carbocycles. The first kappa shape index (κ1) is 17.7. The number of H-pyrrole nitrogens is 1. The second-order valence-electron chi connectivity index (χ2n) is 7.22. The van der Waals surface area contributed by atoms with E-state index in [1.54, 1.807) is 18.3 Å². The third kappa shape index (κ3) is 3.03. The van der Waals surface area contributed by atoms with Crippen molar-refractivity contribution in [1.82, 2.24) is 20.0 Å². The highest BCUT2D eigenvalue weighted by Crippen LogP contribution is 2.39. The highest BCUT2D eigenvalue weighted by Gasteiger charge is 2.42. The van der Waals surface area contributed by atoms with Gasteiger partial charge in [0.2, 0.25) is 0 Å². The molecule has 0 aliphatic heterocycles. The van der Waals surface area contributed by atoms with Gasteiger partial charge in [0.25, 0.3) is 0 Å². The Morgan fingerprint density at radius 2 is 1.76 bits per heavy atom. The maximum atomic E-state index is 13.5. The Hall–Kier alpha value is -3.35. The fourth-order valence-electron chi connectivity index (χ4n) is 4.14. The van der Waals surface area contributed by atoms with Crippen molar-refractivity contribution in [3.63, 3.8) is 0 Å². The molecule has 1 aliphatic carbocycles. The number of para-hydroxylation sites is 1. The Morgan fingerprint density at radius 3 is 2.55 bits per heavy atom. The van der Waals surface area contributed by atoms with Crippen LogP contribution in [0, 0.1) is 11.8 Å². The van der Waals surface area contributed by atoms with E-state index in [0.717, 1.165) is 33.1 Å². The van der Waals surface area contributed by atoms with E-state index in [1.165, 1.54) is 12.2 Å². The predicted molar refractivity (Wildman–Crippen MR) is 106 cm³/mol. The van der Waals surface area contributed by atoms with Crippen molar-refractivity contribution in [2.24, 2.45) is 11.8 Å². The first-order valence-electron chi connectivity index (χ1n) is 9.31. The zero-order chi connectivity index (χ0) is 20.0. The normalized spacial score (nSPS) is 19.4. The van der Waals surface area contributed by atoms with Crippen LogP contribution in [0.25, 0.3) is 33.1 Å². The van der Waals surface area contributed by atoms with Crippen molar-refractivity contribution in [3.05, 3.63) is 73.0 Å². The van der Waals surface area contributed by atoms with Gasteiger partial charge in [-0.05, 0) is 18.2 Å². The molecule has 1 N–H and O–H groups in total. The van der Waals surface area contributed by atoms with Crippen LogP contribution in [0.3, 0.4) is 0 Å². The van der Waals surface area contributed by atoms with E-state index >= 15 is 0 Å². The summed E-state index contributed by atoms with van der Waals surface area (Å²) in [6, 6.07) is 13.7. The van der Waals surface area contributed by atoms with E-state index in [1.807, 2.05) is 47.0 Å². The molecule has 4 nitrogen and oxygen atoms in total. The van der Waals surface area contributed by atoms with Crippen LogP contribution in [-0.4, -0.2) is 26.2 Å². The summed E-state index contributed by atoms with van der Waals surface area (Å²) in [6.45, 7) is 0.248. The summed E-state index contributed by atoms with van der Waals surface area (Å²) in [5.41, 5.74) is 3.45. The van der Waals surface area contributed by atoms with Gasteiger partial charge in [-0.1, -0.05) is 48.6 Å². The third-order valence-electron chi connectivity index (χ3n) is 5.50. The molecular formula is C22H17F3N4. The highest BCUT2D eigenvalue weighted by molar-refractivity contribution is 6.09. The van der Waals surface area contributed by atoms with Crippen LogP contribution in [-0.2, 0) is 6.54 Å². The molecule has 2 aromatic carbocycles. The molecule has 4 aromatic rings. The van der Waals surface area contributed by atoms with Crippen LogP contribution in [0.5, 0.6) is 0 Å². The topological polar surface area (TPSA) is 46.5 Å². The third-order valence-corrected chi connectivity index (χ3v) is 5.50. The summed E-state index contributed by atoms with van der Waals surface area (Å²) in [4.78, 5) is 0. The molecule has 2 heterocycles.